The van der Waals surface area contributed by atoms with Gasteiger partial charge in [-0.1, -0.05) is 55.8 Å². The number of unbranched alkanes of at least 4 members (excludes halogenated alkanes) is 1. The zero-order chi connectivity index (χ0) is 29.3. The van der Waals surface area contributed by atoms with Crippen LogP contribution in [0.3, 0.4) is 0 Å². The third-order valence-corrected chi connectivity index (χ3v) is 7.17. The molecule has 0 heterocycles. The van der Waals surface area contributed by atoms with Crippen LogP contribution in [0.5, 0.6) is 5.75 Å². The van der Waals surface area contributed by atoms with E-state index in [4.69, 9.17) is 9.29 Å². The largest absolute Gasteiger partial charge is 0.422 e. The number of ether oxygens (including phenoxy) is 1. The smallest absolute Gasteiger partial charge is 0.344 e. The van der Waals surface area contributed by atoms with Crippen molar-refractivity contribution in [2.24, 2.45) is 4.99 Å². The van der Waals surface area contributed by atoms with Gasteiger partial charge in [0.25, 0.3) is 16.0 Å². The summed E-state index contributed by atoms with van der Waals surface area (Å²) in [5.74, 6) is -0.778. The monoisotopic (exact) mass is 564 g/mol. The summed E-state index contributed by atoms with van der Waals surface area (Å²) < 4.78 is 37.2. The minimum absolute atomic E-state index is 0.133. The van der Waals surface area contributed by atoms with Gasteiger partial charge >= 0.3 is 5.97 Å². The van der Waals surface area contributed by atoms with Crippen molar-refractivity contribution in [3.8, 4) is 5.75 Å². The highest BCUT2D eigenvalue weighted by atomic mass is 32.2. The van der Waals surface area contributed by atoms with E-state index >= 15 is 0 Å². The zero-order valence-corrected chi connectivity index (χ0v) is 24.2. The van der Waals surface area contributed by atoms with Gasteiger partial charge < -0.3 is 10.1 Å². The normalized spacial score (nSPS) is 15.3. The molecule has 0 fully saturated rings. The van der Waals surface area contributed by atoms with Crippen molar-refractivity contribution >= 4 is 33.3 Å². The molecule has 0 atom stereocenters. The number of aryl methyl sites for hydroxylation is 3. The van der Waals surface area contributed by atoms with Crippen molar-refractivity contribution in [2.45, 2.75) is 47.0 Å². The van der Waals surface area contributed by atoms with E-state index < -0.39 is 21.8 Å². The number of amides is 1. The number of esters is 1. The second kappa shape index (κ2) is 14.0. The van der Waals surface area contributed by atoms with Crippen molar-refractivity contribution in [3.05, 3.63) is 94.1 Å². The Kier molecular flexibility index (Phi) is 10.8. The van der Waals surface area contributed by atoms with Crippen LogP contribution in [0.1, 0.15) is 58.8 Å². The highest BCUT2D eigenvalue weighted by molar-refractivity contribution is 7.85. The third kappa shape index (κ3) is 8.34. The molecule has 0 saturated heterocycles. The van der Waals surface area contributed by atoms with Crippen LogP contribution < -0.4 is 10.1 Å². The summed E-state index contributed by atoms with van der Waals surface area (Å²) in [6.07, 6.45) is 9.10. The predicted octanol–water partition coefficient (Wildman–Crippen LogP) is 5.35. The van der Waals surface area contributed by atoms with E-state index in [0.717, 1.165) is 18.4 Å². The van der Waals surface area contributed by atoms with Gasteiger partial charge in [0.05, 0.1) is 17.0 Å². The summed E-state index contributed by atoms with van der Waals surface area (Å²) in [7, 11) is -4.09. The van der Waals surface area contributed by atoms with Gasteiger partial charge in [-0.25, -0.2) is 4.79 Å². The highest BCUT2D eigenvalue weighted by Gasteiger charge is 2.25. The topological polar surface area (TPSA) is 122 Å². The quantitative estimate of drug-likeness (QED) is 0.125. The van der Waals surface area contributed by atoms with E-state index in [2.05, 4.69) is 17.2 Å². The number of hydrogen-bond donors (Lipinski definition) is 2. The summed E-state index contributed by atoms with van der Waals surface area (Å²) in [6, 6.07) is 10.9. The van der Waals surface area contributed by atoms with Crippen LogP contribution in [-0.2, 0) is 14.9 Å². The first-order valence-corrected chi connectivity index (χ1v) is 14.9. The lowest BCUT2D eigenvalue weighted by Crippen LogP contribution is -2.24. The molecule has 0 aromatic heterocycles. The van der Waals surface area contributed by atoms with Crippen molar-refractivity contribution in [2.75, 3.05) is 18.8 Å². The maximum absolute atomic E-state index is 13.9. The van der Waals surface area contributed by atoms with Gasteiger partial charge in [-0.05, 0) is 74.1 Å². The molecule has 1 aliphatic rings. The number of nitrogens with zero attached hydrogens (tertiary/aromatic N) is 1. The second-order valence-electron chi connectivity index (χ2n) is 9.67. The van der Waals surface area contributed by atoms with Gasteiger partial charge in [0, 0.05) is 24.2 Å². The number of carbonyl (C=O) groups is 2. The molecule has 0 aliphatic heterocycles. The Balaban J connectivity index is 2.00. The molecule has 1 amide bonds. The van der Waals surface area contributed by atoms with Crippen LogP contribution in [0, 0.1) is 20.8 Å². The summed E-state index contributed by atoms with van der Waals surface area (Å²) in [5, 5.41) is 2.91. The van der Waals surface area contributed by atoms with E-state index in [9.17, 15) is 18.0 Å². The predicted molar refractivity (Wildman–Crippen MR) is 159 cm³/mol. The Bertz CT molecular complexity index is 1480. The van der Waals surface area contributed by atoms with Crippen LogP contribution in [-0.4, -0.2) is 49.4 Å². The molecule has 8 nitrogen and oxygen atoms in total. The molecule has 2 aromatic rings. The van der Waals surface area contributed by atoms with Crippen molar-refractivity contribution in [3.63, 3.8) is 0 Å². The molecule has 3 rings (SSSR count). The van der Waals surface area contributed by atoms with E-state index in [1.165, 1.54) is 0 Å². The van der Waals surface area contributed by atoms with Gasteiger partial charge in [0.15, 0.2) is 0 Å². The molecule has 1 aliphatic carbocycles. The van der Waals surface area contributed by atoms with Gasteiger partial charge in [-0.3, -0.25) is 14.3 Å². The van der Waals surface area contributed by atoms with E-state index in [1.807, 2.05) is 31.2 Å². The van der Waals surface area contributed by atoms with E-state index in [1.54, 1.807) is 50.3 Å². The SMILES string of the molecule is CCCCNC(=O)c1cc(C)c(OC(=O)/C(=C2\C=CC=C\C2=N/CCCS(=O)(=O)O)c2ccccc2C)c(C)c1. The van der Waals surface area contributed by atoms with E-state index in [-0.39, 0.29) is 18.9 Å². The number of allylic oxidation sites excluding steroid dienone is 5. The fourth-order valence-electron chi connectivity index (χ4n) is 4.35. The zero-order valence-electron chi connectivity index (χ0n) is 23.4. The van der Waals surface area contributed by atoms with Crippen molar-refractivity contribution < 1.29 is 27.3 Å². The minimum Gasteiger partial charge on any atom is -0.422 e. The Morgan fingerprint density at radius 2 is 1.65 bits per heavy atom. The first-order valence-electron chi connectivity index (χ1n) is 13.3. The summed E-state index contributed by atoms with van der Waals surface area (Å²) in [4.78, 5) is 31.0. The van der Waals surface area contributed by atoms with Crippen LogP contribution in [0.25, 0.3) is 5.57 Å². The molecule has 0 unspecified atom stereocenters. The first kappa shape index (κ1) is 30.7. The van der Waals surface area contributed by atoms with Crippen LogP contribution >= 0.6 is 0 Å². The number of carbonyl (C=O) groups excluding carboxylic acids is 2. The number of hydrogen-bond acceptors (Lipinski definition) is 6. The summed E-state index contributed by atoms with van der Waals surface area (Å²) in [6.45, 7) is 8.29. The fraction of sp³-hybridized carbons (Fsp3) is 0.323. The lowest BCUT2D eigenvalue weighted by Gasteiger charge is -2.18. The van der Waals surface area contributed by atoms with Crippen molar-refractivity contribution in [1.29, 1.82) is 0 Å². The summed E-state index contributed by atoms with van der Waals surface area (Å²) >= 11 is 0. The lowest BCUT2D eigenvalue weighted by molar-refractivity contribution is -0.128. The Labute approximate surface area is 236 Å². The van der Waals surface area contributed by atoms with Crippen LogP contribution in [0.15, 0.2) is 71.3 Å². The average Bonchev–Trinajstić information content (AvgIpc) is 2.90. The third-order valence-electron chi connectivity index (χ3n) is 6.37. The molecule has 9 heteroatoms. The molecule has 2 aromatic carbocycles. The van der Waals surface area contributed by atoms with Crippen LogP contribution in [0.2, 0.25) is 0 Å². The number of benzene rings is 2. The molecule has 0 bridgehead atoms. The van der Waals surface area contributed by atoms with Gasteiger partial charge in [0.2, 0.25) is 0 Å². The molecular weight excluding hydrogens is 528 g/mol. The maximum atomic E-state index is 13.9. The molecular formula is C31H36N2O6S. The fourth-order valence-corrected chi connectivity index (χ4v) is 4.85. The molecule has 2 N–H and O–H groups in total. The Morgan fingerprint density at radius 1 is 0.975 bits per heavy atom. The molecule has 212 valence electrons. The average molecular weight is 565 g/mol. The second-order valence-corrected chi connectivity index (χ2v) is 11.2. The first-order chi connectivity index (χ1) is 19.0. The number of nitrogens with one attached hydrogen (secondary N) is 1. The summed E-state index contributed by atoms with van der Waals surface area (Å²) in [5.41, 5.74) is 4.70. The van der Waals surface area contributed by atoms with Crippen molar-refractivity contribution in [1.82, 2.24) is 5.32 Å². The highest BCUT2D eigenvalue weighted by Crippen LogP contribution is 2.31. The van der Waals surface area contributed by atoms with Gasteiger partial charge in [0.1, 0.15) is 5.75 Å². The lowest BCUT2D eigenvalue weighted by atomic mass is 9.91. The molecule has 0 spiro atoms. The van der Waals surface area contributed by atoms with Gasteiger partial charge in [-0.2, -0.15) is 8.42 Å². The van der Waals surface area contributed by atoms with Crippen LogP contribution in [0.4, 0.5) is 0 Å². The Morgan fingerprint density at radius 3 is 2.30 bits per heavy atom. The Hall–Kier alpha value is -3.82. The standard InChI is InChI=1S/C31H36N2O6S/c1-5-6-16-33-30(34)24-19-22(3)29(23(4)20-24)39-31(35)28(25-13-8-7-12-21(25)2)26-14-9-10-15-27(26)32-17-11-18-40(36,37)38/h7-10,12-15,19-20H,5-6,11,16-18H2,1-4H3,(H,33,34)(H,36,37,38)/b28-26+,32-27+. The molecule has 0 radical (unpaired) electrons. The molecule has 40 heavy (non-hydrogen) atoms. The van der Waals surface area contributed by atoms with E-state index in [0.29, 0.717) is 51.4 Å². The maximum Gasteiger partial charge on any atom is 0.344 e. The molecule has 0 saturated carbocycles. The number of aliphatic imine (C=N–C) groups is 1. The minimum atomic E-state index is -4.09. The van der Waals surface area contributed by atoms with Gasteiger partial charge in [-0.15, -0.1) is 0 Å². The number of rotatable bonds is 11.